The van der Waals surface area contributed by atoms with Gasteiger partial charge < -0.3 is 4.74 Å². The molecule has 3 rings (SSSR count). The van der Waals surface area contributed by atoms with Crippen molar-refractivity contribution >= 4 is 95.6 Å². The first kappa shape index (κ1) is 25.1. The van der Waals surface area contributed by atoms with E-state index in [9.17, 15) is 0 Å². The third kappa shape index (κ3) is 5.35. The van der Waals surface area contributed by atoms with E-state index in [1.165, 1.54) is 0 Å². The number of hydrogen-bond acceptors (Lipinski definition) is 1. The molecule has 0 aromatic heterocycles. The maximum atomic E-state index is 6.98. The van der Waals surface area contributed by atoms with Crippen LogP contribution in [0.2, 0.25) is 0 Å². The second-order valence-corrected chi connectivity index (χ2v) is 15.3. The molecule has 0 heterocycles. The SMILES string of the molecule is BrC(Br)C(Br)C(Br)(Br)C(Br)OC(c1ccccc1)(c1ccccc1)c1ccccc1. The lowest BCUT2D eigenvalue weighted by Gasteiger charge is -2.42. The van der Waals surface area contributed by atoms with E-state index in [1.54, 1.807) is 0 Å². The van der Waals surface area contributed by atoms with Crippen molar-refractivity contribution in [3.05, 3.63) is 108 Å². The van der Waals surface area contributed by atoms with E-state index < -0.39 is 13.8 Å². The van der Waals surface area contributed by atoms with Crippen LogP contribution in [0.25, 0.3) is 0 Å². The maximum absolute atomic E-state index is 6.98. The molecule has 0 saturated heterocycles. The maximum Gasteiger partial charge on any atom is 0.145 e. The fourth-order valence-electron chi connectivity index (χ4n) is 3.25. The normalized spacial score (nSPS) is 14.5. The van der Waals surface area contributed by atoms with Crippen molar-refractivity contribution in [2.24, 2.45) is 0 Å². The predicted octanol–water partition coefficient (Wildman–Crippen LogP) is 9.08. The molecule has 0 aliphatic rings. The largest absolute Gasteiger partial charge is 0.344 e. The van der Waals surface area contributed by atoms with Gasteiger partial charge in [0.1, 0.15) is 13.8 Å². The summed E-state index contributed by atoms with van der Waals surface area (Å²) in [5.41, 5.74) is 2.31. The molecule has 0 fully saturated rings. The van der Waals surface area contributed by atoms with Crippen molar-refractivity contribution in [1.82, 2.24) is 0 Å². The minimum atomic E-state index is -0.828. The second kappa shape index (κ2) is 11.1. The van der Waals surface area contributed by atoms with Crippen LogP contribution in [0.4, 0.5) is 0 Å². The molecule has 30 heavy (non-hydrogen) atoms. The summed E-state index contributed by atoms with van der Waals surface area (Å²) in [4.78, 5) is -0.0469. The quantitative estimate of drug-likeness (QED) is 0.164. The van der Waals surface area contributed by atoms with Crippen LogP contribution in [-0.4, -0.2) is 16.8 Å². The minimum absolute atomic E-state index is 0.00646. The molecule has 2 atom stereocenters. The summed E-state index contributed by atoms with van der Waals surface area (Å²) in [6, 6.07) is 30.9. The molecule has 0 amide bonds. The predicted molar refractivity (Wildman–Crippen MR) is 148 cm³/mol. The standard InChI is InChI=1S/C23H18Br6O/c24-19(20(25)26)23(28,29)21(27)30-22(16-10-4-1-5-11-16,17-12-6-2-7-13-17)18-14-8-3-9-15-18/h1-15,19-21H. The lowest BCUT2D eigenvalue weighted by Crippen LogP contribution is -2.45. The van der Waals surface area contributed by atoms with Crippen LogP contribution in [-0.2, 0) is 10.3 Å². The Bertz CT molecular complexity index is 822. The van der Waals surface area contributed by atoms with Crippen molar-refractivity contribution in [1.29, 1.82) is 0 Å². The number of alkyl halides is 6. The molecule has 0 N–H and O–H groups in total. The smallest absolute Gasteiger partial charge is 0.145 e. The zero-order valence-corrected chi connectivity index (χ0v) is 25.1. The Labute approximate surface area is 228 Å². The number of halogens is 6. The van der Waals surface area contributed by atoms with E-state index in [0.717, 1.165) is 16.7 Å². The molecule has 2 unspecified atom stereocenters. The van der Waals surface area contributed by atoms with Crippen LogP contribution in [0.1, 0.15) is 16.7 Å². The van der Waals surface area contributed by atoms with E-state index in [0.29, 0.717) is 0 Å². The minimum Gasteiger partial charge on any atom is -0.344 e. The van der Waals surface area contributed by atoms with Gasteiger partial charge in [-0.3, -0.25) is 0 Å². The van der Waals surface area contributed by atoms with Gasteiger partial charge in [-0.05, 0) is 16.7 Å². The molecular weight excluding hydrogens is 772 g/mol. The van der Waals surface area contributed by atoms with Gasteiger partial charge in [-0.2, -0.15) is 0 Å². The summed E-state index contributed by atoms with van der Waals surface area (Å²) in [7, 11) is 0. The molecule has 1 nitrogen and oxygen atoms in total. The highest BCUT2D eigenvalue weighted by Crippen LogP contribution is 2.50. The topological polar surface area (TPSA) is 9.23 Å². The lowest BCUT2D eigenvalue weighted by molar-refractivity contribution is -0.00333. The molecule has 0 radical (unpaired) electrons. The van der Waals surface area contributed by atoms with Gasteiger partial charge in [0.15, 0.2) is 0 Å². The van der Waals surface area contributed by atoms with E-state index in [1.807, 2.05) is 54.6 Å². The zero-order valence-electron chi connectivity index (χ0n) is 15.6. The summed E-state index contributed by atoms with van der Waals surface area (Å²) in [6.07, 6.45) is 0. The Balaban J connectivity index is 2.22. The molecule has 3 aromatic carbocycles. The van der Waals surface area contributed by atoms with Crippen LogP contribution in [0, 0.1) is 0 Å². The third-order valence-electron chi connectivity index (χ3n) is 4.71. The second-order valence-electron chi connectivity index (χ2n) is 6.62. The van der Waals surface area contributed by atoms with Gasteiger partial charge in [0.25, 0.3) is 0 Å². The summed E-state index contributed by atoms with van der Waals surface area (Å²) in [5.74, 6) is 0. The van der Waals surface area contributed by atoms with E-state index in [-0.39, 0.29) is 8.56 Å². The Morgan fingerprint density at radius 3 is 1.20 bits per heavy atom. The molecule has 0 aliphatic carbocycles. The highest BCUT2D eigenvalue weighted by molar-refractivity contribution is 9.28. The molecule has 0 saturated carbocycles. The van der Waals surface area contributed by atoms with E-state index in [4.69, 9.17) is 4.74 Å². The van der Waals surface area contributed by atoms with Gasteiger partial charge in [0.05, 0.1) is 8.56 Å². The Kier molecular flexibility index (Phi) is 9.28. The lowest BCUT2D eigenvalue weighted by atomic mass is 9.80. The van der Waals surface area contributed by atoms with Gasteiger partial charge >= 0.3 is 0 Å². The zero-order chi connectivity index (χ0) is 21.8. The molecule has 7 heteroatoms. The highest BCUT2D eigenvalue weighted by atomic mass is 79.9. The van der Waals surface area contributed by atoms with Crippen LogP contribution in [0.15, 0.2) is 91.0 Å². The van der Waals surface area contributed by atoms with E-state index >= 15 is 0 Å². The molecule has 3 aromatic rings. The monoisotopic (exact) mass is 784 g/mol. The van der Waals surface area contributed by atoms with E-state index in [2.05, 4.69) is 132 Å². The van der Waals surface area contributed by atoms with Crippen LogP contribution in [0.5, 0.6) is 0 Å². The number of benzene rings is 3. The van der Waals surface area contributed by atoms with Crippen molar-refractivity contribution in [2.45, 2.75) is 22.4 Å². The summed E-state index contributed by atoms with van der Waals surface area (Å²) in [6.45, 7) is 0. The Hall–Kier alpha value is 0.500. The first-order valence-corrected chi connectivity index (χ1v) is 14.3. The number of hydrogen-bond donors (Lipinski definition) is 0. The summed E-state index contributed by atoms with van der Waals surface area (Å²) in [5, 5.41) is -0.424. The van der Waals surface area contributed by atoms with Crippen molar-refractivity contribution < 1.29 is 4.74 Å². The van der Waals surface area contributed by atoms with Crippen molar-refractivity contribution in [2.75, 3.05) is 0 Å². The average molecular weight is 790 g/mol. The van der Waals surface area contributed by atoms with Crippen LogP contribution in [0.3, 0.4) is 0 Å². The Morgan fingerprint density at radius 2 is 0.900 bits per heavy atom. The summed E-state index contributed by atoms with van der Waals surface area (Å²) < 4.78 is 6.37. The first-order valence-electron chi connectivity index (χ1n) is 9.08. The van der Waals surface area contributed by atoms with Crippen LogP contribution >= 0.6 is 95.6 Å². The number of ether oxygens (including phenoxy) is 1. The molecule has 0 bridgehead atoms. The fourth-order valence-corrected chi connectivity index (χ4v) is 7.38. The van der Waals surface area contributed by atoms with Crippen molar-refractivity contribution in [3.63, 3.8) is 0 Å². The van der Waals surface area contributed by atoms with Gasteiger partial charge in [-0.15, -0.1) is 0 Å². The van der Waals surface area contributed by atoms with Crippen molar-refractivity contribution in [3.8, 4) is 0 Å². The molecule has 0 aliphatic heterocycles. The molecule has 158 valence electrons. The first-order chi connectivity index (χ1) is 14.3. The Morgan fingerprint density at radius 1 is 0.567 bits per heavy atom. The molecular formula is C23H18Br6O. The summed E-state index contributed by atoms with van der Waals surface area (Å²) >= 11 is 22.4. The number of rotatable bonds is 8. The molecule has 0 spiro atoms. The van der Waals surface area contributed by atoms with Gasteiger partial charge in [0, 0.05) is 0 Å². The third-order valence-corrected chi connectivity index (χ3v) is 13.6. The highest BCUT2D eigenvalue weighted by Gasteiger charge is 2.48. The van der Waals surface area contributed by atoms with Gasteiger partial charge in [0.2, 0.25) is 0 Å². The van der Waals surface area contributed by atoms with Gasteiger partial charge in [-0.1, -0.05) is 187 Å². The van der Waals surface area contributed by atoms with Gasteiger partial charge in [-0.25, -0.2) is 0 Å². The fraction of sp³-hybridized carbons (Fsp3) is 0.217. The average Bonchev–Trinajstić information content (AvgIpc) is 2.78. The van der Waals surface area contributed by atoms with Crippen LogP contribution < -0.4 is 0 Å².